The van der Waals surface area contributed by atoms with Gasteiger partial charge in [-0.2, -0.15) is 0 Å². The second kappa shape index (κ2) is 6.29. The van der Waals surface area contributed by atoms with Gasteiger partial charge in [0.25, 0.3) is 0 Å². The molecule has 2 aromatic heterocycles. The van der Waals surface area contributed by atoms with Crippen molar-refractivity contribution in [3.8, 4) is 0 Å². The van der Waals surface area contributed by atoms with Crippen molar-refractivity contribution in [1.29, 1.82) is 0 Å². The van der Waals surface area contributed by atoms with E-state index in [0.717, 1.165) is 22.5 Å². The molecule has 0 bridgehead atoms. The van der Waals surface area contributed by atoms with Crippen LogP contribution in [0.1, 0.15) is 0 Å². The van der Waals surface area contributed by atoms with Gasteiger partial charge in [0.2, 0.25) is 0 Å². The standard InChI is InChI=1S/C13H14IN5O2/c14-11-9-16-19(10-11)21-13(20)18-7-5-17(6-8-18)12-3-1-2-4-15-12/h1-4,9-10H,5-8H2. The van der Waals surface area contributed by atoms with Crippen LogP contribution in [-0.4, -0.2) is 52.1 Å². The lowest BCUT2D eigenvalue weighted by atomic mass is 10.3. The largest absolute Gasteiger partial charge is 0.436 e. The quantitative estimate of drug-likeness (QED) is 0.712. The molecule has 0 aromatic carbocycles. The second-order valence-corrected chi connectivity index (χ2v) is 5.83. The van der Waals surface area contributed by atoms with Crippen LogP contribution in [0.4, 0.5) is 10.6 Å². The average Bonchev–Trinajstić information content (AvgIpc) is 2.93. The van der Waals surface area contributed by atoms with Crippen molar-refractivity contribution in [3.05, 3.63) is 40.4 Å². The van der Waals surface area contributed by atoms with Crippen molar-refractivity contribution < 1.29 is 9.63 Å². The molecule has 3 rings (SSSR count). The van der Waals surface area contributed by atoms with Gasteiger partial charge in [0.1, 0.15) is 5.82 Å². The van der Waals surface area contributed by atoms with Crippen molar-refractivity contribution in [1.82, 2.24) is 19.8 Å². The Morgan fingerprint density at radius 2 is 2.05 bits per heavy atom. The van der Waals surface area contributed by atoms with Crippen molar-refractivity contribution in [2.45, 2.75) is 0 Å². The molecule has 0 atom stereocenters. The number of hydrogen-bond acceptors (Lipinski definition) is 5. The van der Waals surface area contributed by atoms with E-state index in [0.29, 0.717) is 13.1 Å². The molecule has 1 saturated heterocycles. The van der Waals surface area contributed by atoms with Crippen LogP contribution in [0.3, 0.4) is 0 Å². The maximum absolute atomic E-state index is 12.0. The summed E-state index contributed by atoms with van der Waals surface area (Å²) in [5.74, 6) is 0.937. The molecule has 0 N–H and O–H groups in total. The van der Waals surface area contributed by atoms with Crippen molar-refractivity contribution in [2.75, 3.05) is 31.1 Å². The van der Waals surface area contributed by atoms with Gasteiger partial charge in [-0.1, -0.05) is 10.9 Å². The molecule has 0 unspecified atom stereocenters. The van der Waals surface area contributed by atoms with Gasteiger partial charge in [-0.25, -0.2) is 9.78 Å². The Morgan fingerprint density at radius 1 is 1.24 bits per heavy atom. The molecule has 0 saturated carbocycles. The summed E-state index contributed by atoms with van der Waals surface area (Å²) in [5, 5.41) is 3.93. The first-order valence-corrected chi connectivity index (χ1v) is 7.63. The monoisotopic (exact) mass is 399 g/mol. The molecule has 3 heterocycles. The highest BCUT2D eigenvalue weighted by Crippen LogP contribution is 2.12. The van der Waals surface area contributed by atoms with Crippen molar-refractivity contribution in [3.63, 3.8) is 0 Å². The first-order valence-electron chi connectivity index (χ1n) is 6.56. The number of amides is 1. The number of hydrogen-bond donors (Lipinski definition) is 0. The van der Waals surface area contributed by atoms with Crippen LogP contribution in [-0.2, 0) is 0 Å². The third kappa shape index (κ3) is 3.43. The predicted molar refractivity (Wildman–Crippen MR) is 84.9 cm³/mol. The van der Waals surface area contributed by atoms with Gasteiger partial charge < -0.3 is 9.80 Å². The predicted octanol–water partition coefficient (Wildman–Crippen LogP) is 1.25. The van der Waals surface area contributed by atoms with E-state index in [1.807, 2.05) is 18.2 Å². The van der Waals surface area contributed by atoms with Gasteiger partial charge in [-0.15, -0.1) is 5.10 Å². The number of aromatic nitrogens is 3. The number of rotatable bonds is 2. The highest BCUT2D eigenvalue weighted by molar-refractivity contribution is 14.1. The maximum atomic E-state index is 12.0. The van der Waals surface area contributed by atoms with E-state index in [-0.39, 0.29) is 6.09 Å². The lowest BCUT2D eigenvalue weighted by molar-refractivity contribution is 0.0769. The van der Waals surface area contributed by atoms with E-state index >= 15 is 0 Å². The molecule has 0 aliphatic carbocycles. The molecule has 0 radical (unpaired) electrons. The summed E-state index contributed by atoms with van der Waals surface area (Å²) >= 11 is 2.11. The summed E-state index contributed by atoms with van der Waals surface area (Å²) < 4.78 is 0.917. The molecular weight excluding hydrogens is 385 g/mol. The van der Waals surface area contributed by atoms with E-state index in [2.05, 4.69) is 37.6 Å². The normalized spacial score (nSPS) is 15.1. The SMILES string of the molecule is O=C(On1cc(I)cn1)N1CCN(c2ccccn2)CC1. The lowest BCUT2D eigenvalue weighted by Gasteiger charge is -2.34. The van der Waals surface area contributed by atoms with Crippen LogP contribution >= 0.6 is 22.6 Å². The zero-order valence-electron chi connectivity index (χ0n) is 11.2. The van der Waals surface area contributed by atoms with Crippen LogP contribution in [0, 0.1) is 3.57 Å². The minimum atomic E-state index is -0.379. The zero-order chi connectivity index (χ0) is 14.7. The first kappa shape index (κ1) is 14.1. The number of carbonyl (C=O) groups is 1. The van der Waals surface area contributed by atoms with Crippen molar-refractivity contribution >= 4 is 34.5 Å². The Bertz CT molecular complexity index is 610. The fraction of sp³-hybridized carbons (Fsp3) is 0.308. The van der Waals surface area contributed by atoms with Gasteiger partial charge in [0.05, 0.1) is 16.0 Å². The van der Waals surface area contributed by atoms with Crippen LogP contribution < -0.4 is 9.74 Å². The smallest absolute Gasteiger partial charge is 0.353 e. The number of piperazine rings is 1. The minimum absolute atomic E-state index is 0.379. The van der Waals surface area contributed by atoms with E-state index < -0.39 is 0 Å². The third-order valence-corrected chi connectivity index (χ3v) is 3.77. The summed E-state index contributed by atoms with van der Waals surface area (Å²) in [6.45, 7) is 2.69. The molecule has 7 nitrogen and oxygen atoms in total. The van der Waals surface area contributed by atoms with Crippen LogP contribution in [0.2, 0.25) is 0 Å². The van der Waals surface area contributed by atoms with Crippen molar-refractivity contribution in [2.24, 2.45) is 0 Å². The number of carbonyl (C=O) groups excluding carboxylic acids is 1. The van der Waals surface area contributed by atoms with E-state index in [4.69, 9.17) is 4.84 Å². The topological polar surface area (TPSA) is 63.5 Å². The van der Waals surface area contributed by atoms with Gasteiger partial charge in [-0.05, 0) is 34.7 Å². The summed E-state index contributed by atoms with van der Waals surface area (Å²) in [5.41, 5.74) is 0. The van der Waals surface area contributed by atoms with Gasteiger partial charge in [0.15, 0.2) is 0 Å². The molecule has 1 aliphatic rings. The molecule has 0 spiro atoms. The number of halogens is 1. The molecule has 8 heteroatoms. The third-order valence-electron chi connectivity index (χ3n) is 3.21. The lowest BCUT2D eigenvalue weighted by Crippen LogP contribution is -2.50. The van der Waals surface area contributed by atoms with Crippen LogP contribution in [0.5, 0.6) is 0 Å². The molecule has 1 aliphatic heterocycles. The summed E-state index contributed by atoms with van der Waals surface area (Å²) in [7, 11) is 0. The first-order chi connectivity index (χ1) is 10.2. The Morgan fingerprint density at radius 3 is 2.67 bits per heavy atom. The Kier molecular flexibility index (Phi) is 4.23. The molecule has 1 fully saturated rings. The Balaban J connectivity index is 1.54. The van der Waals surface area contributed by atoms with E-state index in [1.54, 1.807) is 23.5 Å². The van der Waals surface area contributed by atoms with Gasteiger partial charge >= 0.3 is 6.09 Å². The fourth-order valence-electron chi connectivity index (χ4n) is 2.13. The average molecular weight is 399 g/mol. The number of nitrogens with zero attached hydrogens (tertiary/aromatic N) is 5. The Labute approximate surface area is 135 Å². The Hall–Kier alpha value is -1.84. The van der Waals surface area contributed by atoms with Crippen LogP contribution in [0.25, 0.3) is 0 Å². The van der Waals surface area contributed by atoms with Gasteiger partial charge in [-0.3, -0.25) is 4.84 Å². The summed E-state index contributed by atoms with van der Waals surface area (Å²) in [6.07, 6.45) is 4.68. The fourth-order valence-corrected chi connectivity index (χ4v) is 2.49. The molecule has 110 valence electrons. The number of pyridine rings is 1. The minimum Gasteiger partial charge on any atom is -0.353 e. The molecule has 2 aromatic rings. The highest BCUT2D eigenvalue weighted by atomic mass is 127. The van der Waals surface area contributed by atoms with Crippen LogP contribution in [0.15, 0.2) is 36.8 Å². The molecule has 21 heavy (non-hydrogen) atoms. The highest BCUT2D eigenvalue weighted by Gasteiger charge is 2.23. The number of anilines is 1. The maximum Gasteiger partial charge on any atom is 0.436 e. The zero-order valence-corrected chi connectivity index (χ0v) is 13.4. The summed E-state index contributed by atoms with van der Waals surface area (Å²) in [6, 6.07) is 5.82. The van der Waals surface area contributed by atoms with E-state index in [1.165, 1.54) is 4.85 Å². The second-order valence-electron chi connectivity index (χ2n) is 4.58. The molecular formula is C13H14IN5O2. The van der Waals surface area contributed by atoms with Gasteiger partial charge in [0, 0.05) is 32.4 Å². The van der Waals surface area contributed by atoms with E-state index in [9.17, 15) is 4.79 Å². The molecule has 1 amide bonds. The summed E-state index contributed by atoms with van der Waals surface area (Å²) in [4.78, 5) is 26.5.